The van der Waals surface area contributed by atoms with E-state index in [9.17, 15) is 13.2 Å². The van der Waals surface area contributed by atoms with Crippen LogP contribution in [0.2, 0.25) is 0 Å². The molecule has 0 aliphatic heterocycles. The molecule has 0 aliphatic rings. The summed E-state index contributed by atoms with van der Waals surface area (Å²) in [6, 6.07) is 7.89. The first-order valence-electron chi connectivity index (χ1n) is 6.81. The molecule has 0 unspecified atom stereocenters. The summed E-state index contributed by atoms with van der Waals surface area (Å²) in [6.07, 6.45) is -4.27. The van der Waals surface area contributed by atoms with Crippen LogP contribution in [0.4, 0.5) is 13.2 Å². The smallest absolute Gasteiger partial charge is 0.371 e. The van der Waals surface area contributed by atoms with Crippen molar-refractivity contribution in [2.45, 2.75) is 26.2 Å². The van der Waals surface area contributed by atoms with Crippen LogP contribution in [0.3, 0.4) is 0 Å². The molecule has 1 N–H and O–H groups in total. The van der Waals surface area contributed by atoms with Gasteiger partial charge in [0.1, 0.15) is 6.61 Å². The first-order chi connectivity index (χ1) is 10.0. The number of fused-ring (bicyclic) bond motifs is 1. The van der Waals surface area contributed by atoms with Gasteiger partial charge >= 0.3 is 6.18 Å². The number of nitrogens with one attached hydrogen (secondary N) is 1. The predicted molar refractivity (Wildman–Crippen MR) is 74.0 cm³/mol. The normalized spacial score (nSPS) is 12.2. The summed E-state index contributed by atoms with van der Waals surface area (Å²) in [7, 11) is 0. The first kappa shape index (κ1) is 15.8. The summed E-state index contributed by atoms with van der Waals surface area (Å²) in [6.45, 7) is 2.46. The minimum atomic E-state index is -4.27. The Morgan fingerprint density at radius 3 is 2.76 bits per heavy atom. The maximum absolute atomic E-state index is 11.9. The van der Waals surface area contributed by atoms with Crippen LogP contribution in [0.25, 0.3) is 10.9 Å². The van der Waals surface area contributed by atoms with Crippen LogP contribution in [0, 0.1) is 0 Å². The Morgan fingerprint density at radius 1 is 1.29 bits per heavy atom. The third-order valence-electron chi connectivity index (χ3n) is 3.02. The molecule has 0 saturated carbocycles. The van der Waals surface area contributed by atoms with Crippen molar-refractivity contribution >= 4 is 10.9 Å². The summed E-state index contributed by atoms with van der Waals surface area (Å²) in [5.41, 5.74) is 1.95. The average Bonchev–Trinajstić information content (AvgIpc) is 2.80. The number of ether oxygens (including phenoxy) is 1. The summed E-state index contributed by atoms with van der Waals surface area (Å²) in [5, 5.41) is 8.61. The van der Waals surface area contributed by atoms with Gasteiger partial charge in [-0.25, -0.2) is 0 Å². The summed E-state index contributed by atoms with van der Waals surface area (Å²) < 4.78 is 42.1. The molecule has 7 heteroatoms. The lowest BCUT2D eigenvalue weighted by Gasteiger charge is -2.07. The largest absolute Gasteiger partial charge is 0.411 e. The molecular weight excluding hydrogens is 283 g/mol. The molecule has 116 valence electrons. The average molecular weight is 301 g/mol. The molecule has 1 aromatic heterocycles. The highest BCUT2D eigenvalue weighted by atomic mass is 19.4. The molecule has 0 fully saturated rings. The molecule has 4 nitrogen and oxygen atoms in total. The topological polar surface area (TPSA) is 39.1 Å². The molecule has 0 radical (unpaired) electrons. The van der Waals surface area contributed by atoms with E-state index in [4.69, 9.17) is 0 Å². The van der Waals surface area contributed by atoms with Crippen molar-refractivity contribution in [1.29, 1.82) is 0 Å². The second-order valence-corrected chi connectivity index (χ2v) is 4.62. The number of benzene rings is 1. The Morgan fingerprint density at radius 2 is 2.05 bits per heavy atom. The Labute approximate surface area is 120 Å². The van der Waals surface area contributed by atoms with Crippen molar-refractivity contribution in [3.8, 4) is 0 Å². The van der Waals surface area contributed by atoms with E-state index in [2.05, 4.69) is 15.2 Å². The summed E-state index contributed by atoms with van der Waals surface area (Å²) in [4.78, 5) is 0. The number of aromatic nitrogens is 2. The van der Waals surface area contributed by atoms with E-state index in [1.54, 1.807) is 0 Å². The van der Waals surface area contributed by atoms with Crippen molar-refractivity contribution < 1.29 is 17.9 Å². The molecule has 2 aromatic rings. The van der Waals surface area contributed by atoms with E-state index in [-0.39, 0.29) is 6.61 Å². The fourth-order valence-corrected chi connectivity index (χ4v) is 2.11. The minimum absolute atomic E-state index is 0.0198. The maximum atomic E-state index is 11.9. The highest BCUT2D eigenvalue weighted by Crippen LogP contribution is 2.18. The maximum Gasteiger partial charge on any atom is 0.411 e. The monoisotopic (exact) mass is 301 g/mol. The van der Waals surface area contributed by atoms with Crippen molar-refractivity contribution in [3.63, 3.8) is 0 Å². The van der Waals surface area contributed by atoms with Crippen LogP contribution in [-0.2, 0) is 17.8 Å². The lowest BCUT2D eigenvalue weighted by molar-refractivity contribution is -0.173. The lowest BCUT2D eigenvalue weighted by atomic mass is 10.2. The van der Waals surface area contributed by atoms with Crippen LogP contribution in [0.5, 0.6) is 0 Å². The quantitative estimate of drug-likeness (QED) is 0.799. The number of halogens is 3. The Bertz CT molecular complexity index is 580. The number of alkyl halides is 3. The van der Waals surface area contributed by atoms with Gasteiger partial charge in [0, 0.05) is 25.0 Å². The zero-order valence-electron chi connectivity index (χ0n) is 11.8. The molecule has 2 rings (SSSR count). The van der Waals surface area contributed by atoms with E-state index < -0.39 is 12.8 Å². The van der Waals surface area contributed by atoms with E-state index in [0.29, 0.717) is 13.1 Å². The Hall–Kier alpha value is -1.60. The van der Waals surface area contributed by atoms with Crippen molar-refractivity contribution in [3.05, 3.63) is 30.0 Å². The van der Waals surface area contributed by atoms with Gasteiger partial charge in [-0.2, -0.15) is 18.3 Å². The molecule has 0 bridgehead atoms. The highest BCUT2D eigenvalue weighted by molar-refractivity contribution is 5.81. The highest BCUT2D eigenvalue weighted by Gasteiger charge is 2.27. The standard InChI is InChI=1S/C14H18F3N3O/c1-2-20-13-6-4-3-5-11(13)12(19-20)9-18-7-8-21-10-14(15,16)17/h3-6,18H,2,7-10H2,1H3. The molecule has 0 aliphatic carbocycles. The van der Waals surface area contributed by atoms with Crippen molar-refractivity contribution in [2.24, 2.45) is 0 Å². The van der Waals surface area contributed by atoms with E-state index in [0.717, 1.165) is 23.1 Å². The van der Waals surface area contributed by atoms with Crippen LogP contribution in [0.1, 0.15) is 12.6 Å². The number of para-hydroxylation sites is 1. The van der Waals surface area contributed by atoms with Gasteiger partial charge in [-0.1, -0.05) is 18.2 Å². The van der Waals surface area contributed by atoms with Crippen molar-refractivity contribution in [2.75, 3.05) is 19.8 Å². The van der Waals surface area contributed by atoms with Gasteiger partial charge in [-0.3, -0.25) is 4.68 Å². The second-order valence-electron chi connectivity index (χ2n) is 4.62. The van der Waals surface area contributed by atoms with Crippen LogP contribution >= 0.6 is 0 Å². The number of rotatable bonds is 7. The SMILES string of the molecule is CCn1nc(CNCCOCC(F)(F)F)c2ccccc21. The molecule has 21 heavy (non-hydrogen) atoms. The molecule has 0 saturated heterocycles. The van der Waals surface area contributed by atoms with Gasteiger partial charge in [0.15, 0.2) is 0 Å². The van der Waals surface area contributed by atoms with Gasteiger partial charge in [0.2, 0.25) is 0 Å². The molecule has 0 spiro atoms. The Kier molecular flexibility index (Phi) is 5.19. The molecular formula is C14H18F3N3O. The van der Waals surface area contributed by atoms with Gasteiger partial charge < -0.3 is 10.1 Å². The predicted octanol–water partition coefficient (Wildman–Crippen LogP) is 2.72. The molecule has 1 heterocycles. The van der Waals surface area contributed by atoms with Gasteiger partial charge in [-0.15, -0.1) is 0 Å². The van der Waals surface area contributed by atoms with Crippen molar-refractivity contribution in [1.82, 2.24) is 15.1 Å². The number of nitrogens with zero attached hydrogens (tertiary/aromatic N) is 2. The number of hydrogen-bond donors (Lipinski definition) is 1. The zero-order valence-corrected chi connectivity index (χ0v) is 11.8. The second kappa shape index (κ2) is 6.91. The fraction of sp³-hybridized carbons (Fsp3) is 0.500. The van der Waals surface area contributed by atoms with Gasteiger partial charge in [-0.05, 0) is 13.0 Å². The minimum Gasteiger partial charge on any atom is -0.371 e. The van der Waals surface area contributed by atoms with Crippen LogP contribution < -0.4 is 5.32 Å². The van der Waals surface area contributed by atoms with Crippen LogP contribution in [-0.4, -0.2) is 35.7 Å². The lowest BCUT2D eigenvalue weighted by Crippen LogP contribution is -2.23. The fourth-order valence-electron chi connectivity index (χ4n) is 2.11. The van der Waals surface area contributed by atoms with E-state index in [1.165, 1.54) is 0 Å². The summed E-state index contributed by atoms with van der Waals surface area (Å²) in [5.74, 6) is 0. The first-order valence-corrected chi connectivity index (χ1v) is 6.81. The molecule has 0 atom stereocenters. The molecule has 1 aromatic carbocycles. The van der Waals surface area contributed by atoms with Gasteiger partial charge in [0.25, 0.3) is 0 Å². The number of hydrogen-bond acceptors (Lipinski definition) is 3. The molecule has 0 amide bonds. The summed E-state index contributed by atoms with van der Waals surface area (Å²) >= 11 is 0. The zero-order chi connectivity index (χ0) is 15.3. The van der Waals surface area contributed by atoms with E-state index >= 15 is 0 Å². The third kappa shape index (κ3) is 4.44. The van der Waals surface area contributed by atoms with Crippen LogP contribution in [0.15, 0.2) is 24.3 Å². The van der Waals surface area contributed by atoms with E-state index in [1.807, 2.05) is 35.9 Å². The van der Waals surface area contributed by atoms with Gasteiger partial charge in [0.05, 0.1) is 17.8 Å². The number of aryl methyl sites for hydroxylation is 1. The Balaban J connectivity index is 1.84. The third-order valence-corrected chi connectivity index (χ3v) is 3.02.